The number of thiophene rings is 1. The second-order valence-corrected chi connectivity index (χ2v) is 6.95. The molecule has 0 saturated carbocycles. The molecule has 24 heavy (non-hydrogen) atoms. The lowest BCUT2D eigenvalue weighted by Gasteiger charge is -2.35. The summed E-state index contributed by atoms with van der Waals surface area (Å²) < 4.78 is 0. The van der Waals surface area contributed by atoms with Gasteiger partial charge in [0.25, 0.3) is 5.91 Å². The number of rotatable bonds is 4. The van der Waals surface area contributed by atoms with Gasteiger partial charge in [-0.25, -0.2) is 9.97 Å². The van der Waals surface area contributed by atoms with Crippen molar-refractivity contribution in [1.82, 2.24) is 14.9 Å². The minimum Gasteiger partial charge on any atom is -0.391 e. The van der Waals surface area contributed by atoms with Crippen LogP contribution in [0.15, 0.2) is 23.8 Å². The molecule has 2 N–H and O–H groups in total. The predicted octanol–water partition coefficient (Wildman–Crippen LogP) is 2.27. The highest BCUT2D eigenvalue weighted by Crippen LogP contribution is 2.34. The van der Waals surface area contributed by atoms with E-state index >= 15 is 0 Å². The summed E-state index contributed by atoms with van der Waals surface area (Å²) in [6, 6.07) is 2.08. The van der Waals surface area contributed by atoms with Crippen LogP contribution in [0.5, 0.6) is 0 Å². The molecule has 2 aromatic heterocycles. The van der Waals surface area contributed by atoms with Crippen molar-refractivity contribution in [3.8, 4) is 0 Å². The molecular formula is C17H22N4O2S. The van der Waals surface area contributed by atoms with Crippen molar-refractivity contribution in [1.29, 1.82) is 0 Å². The molecule has 3 heterocycles. The summed E-state index contributed by atoms with van der Waals surface area (Å²) in [5, 5.41) is 15.6. The molecule has 0 radical (unpaired) electrons. The molecule has 1 saturated heterocycles. The van der Waals surface area contributed by atoms with Crippen LogP contribution in [0.3, 0.4) is 0 Å². The van der Waals surface area contributed by atoms with Crippen LogP contribution in [-0.2, 0) is 0 Å². The quantitative estimate of drug-likeness (QED) is 0.888. The van der Waals surface area contributed by atoms with Crippen LogP contribution in [0.4, 0.5) is 5.95 Å². The Morgan fingerprint density at radius 2 is 2.21 bits per heavy atom. The summed E-state index contributed by atoms with van der Waals surface area (Å²) >= 11 is 1.68. The van der Waals surface area contributed by atoms with E-state index in [9.17, 15) is 9.90 Å². The number of aliphatic hydroxyl groups is 1. The Morgan fingerprint density at radius 3 is 2.79 bits per heavy atom. The van der Waals surface area contributed by atoms with Crippen LogP contribution >= 0.6 is 11.3 Å². The van der Waals surface area contributed by atoms with Gasteiger partial charge in [0.05, 0.1) is 11.7 Å². The Balaban J connectivity index is 1.66. The molecule has 1 amide bonds. The Morgan fingerprint density at radius 1 is 1.46 bits per heavy atom. The van der Waals surface area contributed by atoms with Crippen LogP contribution in [-0.4, -0.2) is 51.6 Å². The van der Waals surface area contributed by atoms with Gasteiger partial charge in [0.2, 0.25) is 5.95 Å². The number of hydrogen-bond acceptors (Lipinski definition) is 6. The van der Waals surface area contributed by atoms with E-state index in [1.165, 1.54) is 22.8 Å². The number of nitrogens with zero attached hydrogens (tertiary/aromatic N) is 3. The van der Waals surface area contributed by atoms with Gasteiger partial charge in [0.1, 0.15) is 0 Å². The van der Waals surface area contributed by atoms with E-state index in [0.717, 1.165) is 13.0 Å². The molecule has 1 fully saturated rings. The highest BCUT2D eigenvalue weighted by molar-refractivity contribution is 7.10. The number of β-amino-alcohol motifs (C(OH)–C–C–N with tert-alkyl or cyclic N) is 1. The van der Waals surface area contributed by atoms with Crippen molar-refractivity contribution in [3.05, 3.63) is 39.8 Å². The lowest BCUT2D eigenvalue weighted by molar-refractivity contribution is 0.0386. The molecule has 0 spiro atoms. The Kier molecular flexibility index (Phi) is 5.11. The van der Waals surface area contributed by atoms with E-state index in [1.54, 1.807) is 16.2 Å². The number of aliphatic hydroxyl groups excluding tert-OH is 1. The number of carbonyl (C=O) groups excluding carboxylic acids is 1. The van der Waals surface area contributed by atoms with Gasteiger partial charge in [-0.3, -0.25) is 4.79 Å². The fraction of sp³-hybridized carbons (Fsp3) is 0.471. The number of aromatic nitrogens is 2. The molecule has 2 atom stereocenters. The first-order chi connectivity index (χ1) is 11.6. The second kappa shape index (κ2) is 7.27. The van der Waals surface area contributed by atoms with Gasteiger partial charge < -0.3 is 15.3 Å². The Bertz CT molecular complexity index is 701. The van der Waals surface area contributed by atoms with Crippen molar-refractivity contribution >= 4 is 23.2 Å². The van der Waals surface area contributed by atoms with Gasteiger partial charge in [0, 0.05) is 42.8 Å². The van der Waals surface area contributed by atoms with Crippen LogP contribution < -0.4 is 5.32 Å². The van der Waals surface area contributed by atoms with Crippen LogP contribution in [0, 0.1) is 6.92 Å². The van der Waals surface area contributed by atoms with Crippen LogP contribution in [0.1, 0.15) is 40.1 Å². The standard InChI is InChI=1S/C17H22N4O2S/c1-3-18-17-19-8-12(9-20-17)16(23)21-6-4-13(14(22)10-21)15-11(2)5-7-24-15/h5,7-9,13-14,22H,3-4,6,10H2,1-2H3,(H,18,19,20)/t13-,14-/m1/s1. The third-order valence-corrected chi connectivity index (χ3v) is 5.49. The minimum absolute atomic E-state index is 0.112. The second-order valence-electron chi connectivity index (χ2n) is 6.01. The first-order valence-corrected chi connectivity index (χ1v) is 9.05. The Hall–Kier alpha value is -1.99. The fourth-order valence-corrected chi connectivity index (χ4v) is 4.18. The molecule has 0 aromatic carbocycles. The van der Waals surface area contributed by atoms with Gasteiger partial charge in [-0.05, 0) is 37.3 Å². The SMILES string of the molecule is CCNc1ncc(C(=O)N2CC[C@@H](c3sccc3C)[C@H](O)C2)cn1. The van der Waals surface area contributed by atoms with E-state index in [2.05, 4.69) is 33.7 Å². The lowest BCUT2D eigenvalue weighted by Crippen LogP contribution is -2.45. The lowest BCUT2D eigenvalue weighted by atomic mass is 9.90. The van der Waals surface area contributed by atoms with E-state index < -0.39 is 6.10 Å². The van der Waals surface area contributed by atoms with E-state index in [0.29, 0.717) is 24.6 Å². The molecule has 0 unspecified atom stereocenters. The van der Waals surface area contributed by atoms with E-state index in [1.807, 2.05) is 6.92 Å². The smallest absolute Gasteiger partial charge is 0.257 e. The zero-order valence-corrected chi connectivity index (χ0v) is 14.7. The molecule has 6 nitrogen and oxygen atoms in total. The third-order valence-electron chi connectivity index (χ3n) is 4.34. The van der Waals surface area contributed by atoms with E-state index in [-0.39, 0.29) is 11.8 Å². The van der Waals surface area contributed by atoms with Crippen molar-refractivity contribution < 1.29 is 9.90 Å². The molecule has 7 heteroatoms. The van der Waals surface area contributed by atoms with Crippen molar-refractivity contribution in [2.24, 2.45) is 0 Å². The molecule has 3 rings (SSSR count). The molecule has 1 aliphatic heterocycles. The number of piperidine rings is 1. The van der Waals surface area contributed by atoms with Crippen molar-refractivity contribution in [2.45, 2.75) is 32.3 Å². The maximum absolute atomic E-state index is 12.6. The molecular weight excluding hydrogens is 324 g/mol. The first-order valence-electron chi connectivity index (χ1n) is 8.17. The normalized spacial score (nSPS) is 20.9. The van der Waals surface area contributed by atoms with Crippen LogP contribution in [0.25, 0.3) is 0 Å². The summed E-state index contributed by atoms with van der Waals surface area (Å²) in [4.78, 5) is 23.8. The maximum atomic E-state index is 12.6. The zero-order chi connectivity index (χ0) is 17.1. The molecule has 1 aliphatic rings. The maximum Gasteiger partial charge on any atom is 0.257 e. The average Bonchev–Trinajstić information content (AvgIpc) is 3.01. The molecule has 128 valence electrons. The topological polar surface area (TPSA) is 78.4 Å². The summed E-state index contributed by atoms with van der Waals surface area (Å²) in [6.07, 6.45) is 3.30. The summed E-state index contributed by atoms with van der Waals surface area (Å²) in [5.74, 6) is 0.501. The van der Waals surface area contributed by atoms with Gasteiger partial charge in [-0.15, -0.1) is 11.3 Å². The van der Waals surface area contributed by atoms with E-state index in [4.69, 9.17) is 0 Å². The van der Waals surface area contributed by atoms with Crippen molar-refractivity contribution in [2.75, 3.05) is 25.0 Å². The number of hydrogen-bond donors (Lipinski definition) is 2. The van der Waals surface area contributed by atoms with Gasteiger partial charge in [-0.2, -0.15) is 0 Å². The number of amides is 1. The number of nitrogens with one attached hydrogen (secondary N) is 1. The molecule has 0 aliphatic carbocycles. The van der Waals surface area contributed by atoms with Gasteiger partial charge in [-0.1, -0.05) is 0 Å². The highest BCUT2D eigenvalue weighted by Gasteiger charge is 2.33. The number of aryl methyl sites for hydroxylation is 1. The third kappa shape index (κ3) is 3.42. The fourth-order valence-electron chi connectivity index (χ4n) is 3.06. The van der Waals surface area contributed by atoms with Crippen molar-refractivity contribution in [3.63, 3.8) is 0 Å². The zero-order valence-electron chi connectivity index (χ0n) is 13.9. The average molecular weight is 346 g/mol. The molecule has 2 aromatic rings. The van der Waals surface area contributed by atoms with Gasteiger partial charge in [0.15, 0.2) is 0 Å². The predicted molar refractivity (Wildman–Crippen MR) is 94.5 cm³/mol. The summed E-state index contributed by atoms with van der Waals surface area (Å²) in [7, 11) is 0. The number of anilines is 1. The number of carbonyl (C=O) groups is 1. The number of likely N-dealkylation sites (tertiary alicyclic amines) is 1. The Labute approximate surface area is 145 Å². The largest absolute Gasteiger partial charge is 0.391 e. The van der Waals surface area contributed by atoms with Gasteiger partial charge >= 0.3 is 0 Å². The monoisotopic (exact) mass is 346 g/mol. The summed E-state index contributed by atoms with van der Waals surface area (Å²) in [5.41, 5.74) is 1.67. The first kappa shape index (κ1) is 16.9. The van der Waals surface area contributed by atoms with Crippen LogP contribution in [0.2, 0.25) is 0 Å². The summed E-state index contributed by atoms with van der Waals surface area (Å²) in [6.45, 7) is 5.74. The highest BCUT2D eigenvalue weighted by atomic mass is 32.1. The minimum atomic E-state index is -0.540. The molecule has 0 bridgehead atoms.